The molecule has 0 aromatic heterocycles. The average molecular weight is 241 g/mol. The average Bonchev–Trinajstić information content (AvgIpc) is 2.84. The molecule has 0 aliphatic carbocycles. The van der Waals surface area contributed by atoms with Gasteiger partial charge in [0.05, 0.1) is 6.04 Å². The third-order valence-corrected chi connectivity index (χ3v) is 3.13. The number of hydrogen-bond donors (Lipinski definition) is 2. The highest BCUT2D eigenvalue weighted by Crippen LogP contribution is 2.04. The fraction of sp³-hybridized carbons (Fsp3) is 0.833. The number of nitrogens with zero attached hydrogens (tertiary/aromatic N) is 1. The molecule has 5 heteroatoms. The van der Waals surface area contributed by atoms with Gasteiger partial charge in [0, 0.05) is 26.1 Å². The molecule has 0 aromatic rings. The smallest absolute Gasteiger partial charge is 0.237 e. The summed E-state index contributed by atoms with van der Waals surface area (Å²) in [5.74, 6) is 0.129. The minimum absolute atomic E-state index is 0.0230. The summed E-state index contributed by atoms with van der Waals surface area (Å²) in [6.45, 7) is 6.73. The minimum atomic E-state index is -0.0569. The number of hydrogen-bond acceptors (Lipinski definition) is 3. The summed E-state index contributed by atoms with van der Waals surface area (Å²) in [6.07, 6.45) is 2.34. The summed E-state index contributed by atoms with van der Waals surface area (Å²) >= 11 is 0. The molecular weight excluding hydrogens is 218 g/mol. The lowest BCUT2D eigenvalue weighted by molar-refractivity contribution is -0.130. The first-order chi connectivity index (χ1) is 8.19. The number of carbonyl (C=O) groups is 2. The van der Waals surface area contributed by atoms with Crippen molar-refractivity contribution in [3.05, 3.63) is 0 Å². The monoisotopic (exact) mass is 241 g/mol. The molecule has 0 aromatic carbocycles. The quantitative estimate of drug-likeness (QED) is 0.694. The molecule has 1 saturated heterocycles. The van der Waals surface area contributed by atoms with Crippen LogP contribution >= 0.6 is 0 Å². The van der Waals surface area contributed by atoms with Crippen molar-refractivity contribution >= 4 is 11.8 Å². The minimum Gasteiger partial charge on any atom is -0.354 e. The lowest BCUT2D eigenvalue weighted by Crippen LogP contribution is -2.42. The fourth-order valence-corrected chi connectivity index (χ4v) is 2.06. The summed E-state index contributed by atoms with van der Waals surface area (Å²) < 4.78 is 0. The maximum Gasteiger partial charge on any atom is 0.237 e. The van der Waals surface area contributed by atoms with E-state index in [0.717, 1.165) is 32.5 Å². The topological polar surface area (TPSA) is 61.4 Å². The van der Waals surface area contributed by atoms with Gasteiger partial charge in [0.2, 0.25) is 11.8 Å². The summed E-state index contributed by atoms with van der Waals surface area (Å²) in [6, 6.07) is -0.0569. The third-order valence-electron chi connectivity index (χ3n) is 3.13. The molecule has 1 rings (SSSR count). The van der Waals surface area contributed by atoms with Crippen LogP contribution in [0.4, 0.5) is 0 Å². The largest absolute Gasteiger partial charge is 0.354 e. The van der Waals surface area contributed by atoms with Crippen molar-refractivity contribution in [3.63, 3.8) is 0 Å². The zero-order valence-electron chi connectivity index (χ0n) is 10.8. The Balaban J connectivity index is 2.18. The highest BCUT2D eigenvalue weighted by Gasteiger charge is 2.21. The number of carbonyl (C=O) groups excluding carboxylic acids is 2. The molecule has 1 aliphatic heterocycles. The van der Waals surface area contributed by atoms with Crippen molar-refractivity contribution in [1.82, 2.24) is 15.5 Å². The third kappa shape index (κ3) is 4.34. The predicted octanol–water partition coefficient (Wildman–Crippen LogP) is 0.113. The van der Waals surface area contributed by atoms with Crippen LogP contribution in [0.25, 0.3) is 0 Å². The molecule has 1 aliphatic rings. The molecule has 98 valence electrons. The lowest BCUT2D eigenvalue weighted by atomic mass is 10.2. The molecule has 17 heavy (non-hydrogen) atoms. The normalized spacial score (nSPS) is 19.1. The molecule has 1 unspecified atom stereocenters. The van der Waals surface area contributed by atoms with Gasteiger partial charge in [-0.2, -0.15) is 0 Å². The van der Waals surface area contributed by atoms with E-state index < -0.39 is 0 Å². The van der Waals surface area contributed by atoms with Gasteiger partial charge in [-0.25, -0.2) is 0 Å². The van der Waals surface area contributed by atoms with E-state index in [1.165, 1.54) is 0 Å². The van der Waals surface area contributed by atoms with Gasteiger partial charge in [-0.15, -0.1) is 0 Å². The lowest BCUT2D eigenvalue weighted by Gasteiger charge is -2.19. The molecule has 1 atom stereocenters. The first-order valence-corrected chi connectivity index (χ1v) is 6.47. The van der Waals surface area contributed by atoms with Crippen molar-refractivity contribution in [2.24, 2.45) is 0 Å². The maximum absolute atomic E-state index is 11.7. The molecule has 1 heterocycles. The van der Waals surface area contributed by atoms with Gasteiger partial charge < -0.3 is 15.5 Å². The molecule has 2 N–H and O–H groups in total. The fourth-order valence-electron chi connectivity index (χ4n) is 2.06. The van der Waals surface area contributed by atoms with E-state index in [0.29, 0.717) is 13.0 Å². The highest BCUT2D eigenvalue weighted by atomic mass is 16.2. The van der Waals surface area contributed by atoms with E-state index in [4.69, 9.17) is 0 Å². The van der Waals surface area contributed by atoms with Crippen molar-refractivity contribution in [2.45, 2.75) is 39.2 Å². The van der Waals surface area contributed by atoms with Gasteiger partial charge in [0.25, 0.3) is 0 Å². The van der Waals surface area contributed by atoms with E-state index in [2.05, 4.69) is 10.6 Å². The second kappa shape index (κ2) is 7.27. The van der Waals surface area contributed by atoms with Crippen LogP contribution in [0.1, 0.15) is 33.1 Å². The van der Waals surface area contributed by atoms with Crippen LogP contribution in [0, 0.1) is 0 Å². The first-order valence-electron chi connectivity index (χ1n) is 6.47. The second-order valence-corrected chi connectivity index (χ2v) is 4.26. The van der Waals surface area contributed by atoms with Gasteiger partial charge in [-0.3, -0.25) is 9.59 Å². The summed E-state index contributed by atoms with van der Waals surface area (Å²) in [5.41, 5.74) is 0. The van der Waals surface area contributed by atoms with Crippen LogP contribution in [0.2, 0.25) is 0 Å². The van der Waals surface area contributed by atoms with E-state index >= 15 is 0 Å². The Kier molecular flexibility index (Phi) is 5.97. The summed E-state index contributed by atoms with van der Waals surface area (Å²) in [5, 5.41) is 5.94. The zero-order valence-corrected chi connectivity index (χ0v) is 10.8. The van der Waals surface area contributed by atoms with E-state index in [9.17, 15) is 9.59 Å². The first kappa shape index (κ1) is 14.0. The molecule has 0 spiro atoms. The predicted molar refractivity (Wildman–Crippen MR) is 66.6 cm³/mol. The van der Waals surface area contributed by atoms with Crippen LogP contribution in [0.15, 0.2) is 0 Å². The molecule has 1 fully saturated rings. The Bertz CT molecular complexity index is 244. The van der Waals surface area contributed by atoms with Crippen molar-refractivity contribution < 1.29 is 9.59 Å². The van der Waals surface area contributed by atoms with Crippen molar-refractivity contribution in [1.29, 1.82) is 0 Å². The van der Waals surface area contributed by atoms with Crippen LogP contribution in [-0.2, 0) is 9.59 Å². The van der Waals surface area contributed by atoms with E-state index in [-0.39, 0.29) is 17.9 Å². The van der Waals surface area contributed by atoms with Crippen molar-refractivity contribution in [3.8, 4) is 0 Å². The highest BCUT2D eigenvalue weighted by molar-refractivity contribution is 5.83. The number of amides is 2. The summed E-state index contributed by atoms with van der Waals surface area (Å²) in [4.78, 5) is 25.1. The van der Waals surface area contributed by atoms with Gasteiger partial charge in [0.1, 0.15) is 0 Å². The second-order valence-electron chi connectivity index (χ2n) is 4.26. The molecule has 0 bridgehead atoms. The number of rotatable bonds is 6. The summed E-state index contributed by atoms with van der Waals surface area (Å²) in [7, 11) is 0. The van der Waals surface area contributed by atoms with E-state index in [1.54, 1.807) is 4.90 Å². The standard InChI is InChI=1S/C12H23N3O2/c1-3-15(4-2)11(16)7-9-14-12(17)10-6-5-8-13-10/h10,13H,3-9H2,1-2H3,(H,14,17). The van der Waals surface area contributed by atoms with Crippen LogP contribution in [0.3, 0.4) is 0 Å². The Labute approximate surface area is 103 Å². The Morgan fingerprint density at radius 3 is 2.59 bits per heavy atom. The van der Waals surface area contributed by atoms with Crippen LogP contribution in [-0.4, -0.2) is 48.9 Å². The Morgan fingerprint density at radius 2 is 2.06 bits per heavy atom. The molecule has 0 saturated carbocycles. The molecular formula is C12H23N3O2. The Morgan fingerprint density at radius 1 is 1.35 bits per heavy atom. The SMILES string of the molecule is CCN(CC)C(=O)CCNC(=O)C1CCCN1. The maximum atomic E-state index is 11.7. The van der Waals surface area contributed by atoms with Crippen molar-refractivity contribution in [2.75, 3.05) is 26.2 Å². The van der Waals surface area contributed by atoms with Gasteiger partial charge in [-0.1, -0.05) is 0 Å². The zero-order chi connectivity index (χ0) is 12.7. The number of nitrogens with one attached hydrogen (secondary N) is 2. The van der Waals surface area contributed by atoms with Gasteiger partial charge >= 0.3 is 0 Å². The Hall–Kier alpha value is -1.10. The molecule has 5 nitrogen and oxygen atoms in total. The van der Waals surface area contributed by atoms with E-state index in [1.807, 2.05) is 13.8 Å². The molecule has 0 radical (unpaired) electrons. The van der Waals surface area contributed by atoms with Crippen LogP contribution in [0.5, 0.6) is 0 Å². The van der Waals surface area contributed by atoms with Gasteiger partial charge in [-0.05, 0) is 33.2 Å². The van der Waals surface area contributed by atoms with Crippen LogP contribution < -0.4 is 10.6 Å². The molecule has 2 amide bonds. The van der Waals surface area contributed by atoms with Gasteiger partial charge in [0.15, 0.2) is 0 Å².